The summed E-state index contributed by atoms with van der Waals surface area (Å²) < 4.78 is 26.1. The summed E-state index contributed by atoms with van der Waals surface area (Å²) in [7, 11) is 7.61. The number of fused-ring (bicyclic) bond motifs is 2. The number of anilines is 6. The molecular formula is C49H48N14O10S2. The normalized spacial score (nSPS) is 14.9. The Morgan fingerprint density at radius 2 is 1.03 bits per heavy atom. The van der Waals surface area contributed by atoms with Crippen LogP contribution in [0.15, 0.2) is 84.1 Å². The summed E-state index contributed by atoms with van der Waals surface area (Å²) in [4.78, 5) is 89.0. The molecule has 2 unspecified atom stereocenters. The summed E-state index contributed by atoms with van der Waals surface area (Å²) in [6.07, 6.45) is 4.05. The van der Waals surface area contributed by atoms with E-state index in [4.69, 9.17) is 39.0 Å². The Morgan fingerprint density at radius 3 is 1.43 bits per heavy atom. The van der Waals surface area contributed by atoms with Crippen molar-refractivity contribution < 1.29 is 48.0 Å². The van der Waals surface area contributed by atoms with E-state index in [9.17, 15) is 19.2 Å². The van der Waals surface area contributed by atoms with Gasteiger partial charge in [-0.05, 0) is 61.4 Å². The minimum absolute atomic E-state index is 0.106. The van der Waals surface area contributed by atoms with Crippen LogP contribution in [0.5, 0.6) is 23.0 Å². The fourth-order valence-electron chi connectivity index (χ4n) is 8.12. The zero-order chi connectivity index (χ0) is 52.6. The molecule has 5 N–H and O–H groups in total. The Hall–Kier alpha value is -9.04. The maximum Gasteiger partial charge on any atom is 0.356 e. The lowest BCUT2D eigenvalue weighted by Gasteiger charge is -2.18. The Balaban J connectivity index is 0.000000184. The molecule has 0 aliphatic carbocycles. The predicted molar refractivity (Wildman–Crippen MR) is 279 cm³/mol. The van der Waals surface area contributed by atoms with Crippen LogP contribution < -0.4 is 50.0 Å². The summed E-state index contributed by atoms with van der Waals surface area (Å²) >= 11 is 2.85. The van der Waals surface area contributed by atoms with Gasteiger partial charge in [0, 0.05) is 74.2 Å². The molecule has 8 heterocycles. The third kappa shape index (κ3) is 11.6. The number of aromatic carboxylic acids is 1. The highest BCUT2D eigenvalue weighted by molar-refractivity contribution is 7.16. The number of ether oxygens (including phenoxy) is 5. The standard InChI is InChI=1S/C25H25N7O5S.C24H23N7O5S/c1-35-18-7-5-15(10-19(18)36-2)28-21-20-23(38-13-27-20)31-25(30-21)32-9-8-16(12-32)29-22(33)14-4-6-17(26-11-14)24(34)37-3;1-35-17-6-4-14(9-18(17)36-2)27-20-19-22(37-12-26-19)30-24(29-20)31-8-7-15(11-31)28-21(32)13-3-5-16(23(33)34)25-10-13/h4-7,10-11,13,16H,8-9,12H2,1-3H3,(H,29,33)(H,28,30,31);3-6,9-10,12,15H,7-8,11H2,1-2H3,(H,28,32)(H,33,34)(H,27,29,30). The van der Waals surface area contributed by atoms with Crippen LogP contribution in [0.4, 0.5) is 34.9 Å². The van der Waals surface area contributed by atoms with Crippen molar-refractivity contribution in [1.82, 2.24) is 50.5 Å². The van der Waals surface area contributed by atoms with Crippen molar-refractivity contribution in [3.8, 4) is 23.0 Å². The van der Waals surface area contributed by atoms with Gasteiger partial charge in [0.05, 0.1) is 57.7 Å². The first-order valence-corrected chi connectivity index (χ1v) is 24.8. The molecule has 8 aromatic rings. The number of nitrogens with one attached hydrogen (secondary N) is 4. The van der Waals surface area contributed by atoms with Gasteiger partial charge < -0.3 is 59.9 Å². The molecule has 2 fully saturated rings. The van der Waals surface area contributed by atoms with Gasteiger partial charge in [0.1, 0.15) is 22.4 Å². The largest absolute Gasteiger partial charge is 0.493 e. The quantitative estimate of drug-likeness (QED) is 0.0695. The van der Waals surface area contributed by atoms with E-state index in [1.807, 2.05) is 40.1 Å². The third-order valence-electron chi connectivity index (χ3n) is 11.9. The first kappa shape index (κ1) is 50.9. The molecular weight excluding hydrogens is 1010 g/mol. The average molecular weight is 1060 g/mol. The number of carbonyl (C=O) groups excluding carboxylic acids is 3. The van der Waals surface area contributed by atoms with E-state index in [1.165, 1.54) is 60.4 Å². The van der Waals surface area contributed by atoms with Gasteiger partial charge in [-0.15, -0.1) is 22.7 Å². The third-order valence-corrected chi connectivity index (χ3v) is 13.4. The van der Waals surface area contributed by atoms with Crippen LogP contribution in [-0.4, -0.2) is 143 Å². The van der Waals surface area contributed by atoms with Crippen LogP contribution >= 0.6 is 22.7 Å². The number of hydrogen-bond acceptors (Lipinski definition) is 23. The molecule has 26 heteroatoms. The number of amides is 2. The molecule has 6 aromatic heterocycles. The monoisotopic (exact) mass is 1060 g/mol. The average Bonchev–Trinajstić information content (AvgIpc) is 4.30. The maximum atomic E-state index is 12.7. The van der Waals surface area contributed by atoms with Gasteiger partial charge in [-0.1, -0.05) is 0 Å². The molecule has 2 amide bonds. The van der Waals surface area contributed by atoms with E-state index in [0.717, 1.165) is 27.5 Å². The number of esters is 1. The Bertz CT molecular complexity index is 3380. The first-order valence-electron chi connectivity index (χ1n) is 23.0. The lowest BCUT2D eigenvalue weighted by Crippen LogP contribution is -2.37. The van der Waals surface area contributed by atoms with Crippen molar-refractivity contribution >= 4 is 102 Å². The zero-order valence-electron chi connectivity index (χ0n) is 40.9. The van der Waals surface area contributed by atoms with Crippen LogP contribution in [0.3, 0.4) is 0 Å². The molecule has 2 saturated heterocycles. The molecule has 0 radical (unpaired) electrons. The molecule has 0 bridgehead atoms. The molecule has 75 heavy (non-hydrogen) atoms. The molecule has 0 saturated carbocycles. The number of methoxy groups -OCH3 is 5. The fraction of sp³-hybridized carbons (Fsp3) is 0.265. The smallest absolute Gasteiger partial charge is 0.356 e. The zero-order valence-corrected chi connectivity index (χ0v) is 42.5. The molecule has 2 aliphatic heterocycles. The Kier molecular flexibility index (Phi) is 15.5. The van der Waals surface area contributed by atoms with Crippen LogP contribution in [0.2, 0.25) is 0 Å². The van der Waals surface area contributed by atoms with E-state index in [-0.39, 0.29) is 35.3 Å². The van der Waals surface area contributed by atoms with Crippen molar-refractivity contribution in [2.24, 2.45) is 0 Å². The summed E-state index contributed by atoms with van der Waals surface area (Å²) in [5.74, 6) is 2.35. The van der Waals surface area contributed by atoms with E-state index >= 15 is 0 Å². The van der Waals surface area contributed by atoms with Crippen LogP contribution in [0.1, 0.15) is 54.5 Å². The molecule has 10 rings (SSSR count). The van der Waals surface area contributed by atoms with Crippen molar-refractivity contribution in [2.45, 2.75) is 24.9 Å². The van der Waals surface area contributed by atoms with E-state index in [0.29, 0.717) is 101 Å². The highest BCUT2D eigenvalue weighted by Crippen LogP contribution is 2.35. The number of carboxylic acid groups (broad SMARTS) is 1. The highest BCUT2D eigenvalue weighted by Gasteiger charge is 2.29. The maximum absolute atomic E-state index is 12.7. The number of rotatable bonds is 16. The summed E-state index contributed by atoms with van der Waals surface area (Å²) in [5.41, 5.74) is 6.98. The van der Waals surface area contributed by atoms with Gasteiger partial charge >= 0.3 is 11.9 Å². The second kappa shape index (κ2) is 22.8. The fourth-order valence-corrected chi connectivity index (χ4v) is 9.43. The highest BCUT2D eigenvalue weighted by atomic mass is 32.1. The van der Waals surface area contributed by atoms with Crippen LogP contribution in [0, 0.1) is 0 Å². The van der Waals surface area contributed by atoms with Gasteiger partial charge in [0.25, 0.3) is 11.8 Å². The van der Waals surface area contributed by atoms with Crippen LogP contribution in [0.25, 0.3) is 20.7 Å². The lowest BCUT2D eigenvalue weighted by atomic mass is 10.2. The number of benzene rings is 2. The van der Waals surface area contributed by atoms with Gasteiger partial charge in [0.2, 0.25) is 11.9 Å². The molecule has 2 atom stereocenters. The number of carboxylic acids is 1. The topological polar surface area (TPSA) is 292 Å². The predicted octanol–water partition coefficient (Wildman–Crippen LogP) is 5.99. The first-order chi connectivity index (χ1) is 36.4. The van der Waals surface area contributed by atoms with E-state index in [1.54, 1.807) is 51.6 Å². The van der Waals surface area contributed by atoms with Gasteiger partial charge in [-0.25, -0.2) is 29.5 Å². The van der Waals surface area contributed by atoms with Gasteiger partial charge in [0.15, 0.2) is 44.3 Å². The number of aromatic nitrogens is 8. The Labute approximate surface area is 435 Å². The van der Waals surface area contributed by atoms with Crippen molar-refractivity contribution in [3.63, 3.8) is 0 Å². The Morgan fingerprint density at radius 1 is 0.573 bits per heavy atom. The molecule has 24 nitrogen and oxygen atoms in total. The summed E-state index contributed by atoms with van der Waals surface area (Å²) in [6.45, 7) is 2.39. The number of thiazole rings is 2. The van der Waals surface area contributed by atoms with Crippen molar-refractivity contribution in [3.05, 3.63) is 107 Å². The summed E-state index contributed by atoms with van der Waals surface area (Å²) in [6, 6.07) is 16.5. The summed E-state index contributed by atoms with van der Waals surface area (Å²) in [5, 5.41) is 21.6. The molecule has 386 valence electrons. The SMILES string of the molecule is COC(=O)c1ccc(C(=O)NC2CCN(c3nc(Nc4ccc(OC)c(OC)c4)c4ncsc4n3)C2)cn1.COc1ccc(Nc2nc(N3CCC(NC(=O)c4ccc(C(=O)O)nc4)C3)nc3scnc23)cc1OC. The number of nitrogens with zero attached hydrogens (tertiary/aromatic N) is 10. The second-order valence-electron chi connectivity index (χ2n) is 16.6. The lowest BCUT2D eigenvalue weighted by molar-refractivity contribution is 0.0592. The minimum Gasteiger partial charge on any atom is -0.493 e. The number of pyridine rings is 2. The number of hydrogen-bond donors (Lipinski definition) is 5. The number of carbonyl (C=O) groups is 4. The minimum atomic E-state index is -1.14. The molecule has 2 aromatic carbocycles. The van der Waals surface area contributed by atoms with E-state index < -0.39 is 11.9 Å². The second-order valence-corrected chi connectivity index (χ2v) is 18.3. The van der Waals surface area contributed by atoms with Crippen molar-refractivity contribution in [2.75, 3.05) is 82.2 Å². The van der Waals surface area contributed by atoms with E-state index in [2.05, 4.69) is 50.9 Å². The van der Waals surface area contributed by atoms with Crippen molar-refractivity contribution in [1.29, 1.82) is 0 Å². The van der Waals surface area contributed by atoms with Gasteiger partial charge in [-0.2, -0.15) is 19.9 Å². The van der Waals surface area contributed by atoms with Crippen LogP contribution in [-0.2, 0) is 4.74 Å². The molecule has 2 aliphatic rings. The molecule has 0 spiro atoms. The van der Waals surface area contributed by atoms with Gasteiger partial charge in [-0.3, -0.25) is 9.59 Å².